The minimum atomic E-state index is -0.604. The van der Waals surface area contributed by atoms with E-state index in [-0.39, 0.29) is 17.8 Å². The van der Waals surface area contributed by atoms with Crippen molar-refractivity contribution < 1.29 is 13.9 Å². The van der Waals surface area contributed by atoms with Crippen molar-refractivity contribution in [3.8, 4) is 0 Å². The maximum Gasteiger partial charge on any atom is 0.245 e. The molecule has 104 valence electrons. The Morgan fingerprint density at radius 1 is 1.37 bits per heavy atom. The van der Waals surface area contributed by atoms with Crippen LogP contribution in [0.1, 0.15) is 19.8 Å². The zero-order valence-electron chi connectivity index (χ0n) is 10.8. The molecule has 1 aromatic carbocycles. The van der Waals surface area contributed by atoms with Gasteiger partial charge in [-0.15, -0.1) is 11.6 Å². The lowest BCUT2D eigenvalue weighted by Crippen LogP contribution is -2.46. The summed E-state index contributed by atoms with van der Waals surface area (Å²) in [5.74, 6) is -0.470. The number of carbonyl (C=O) groups excluding carboxylic acids is 1. The first-order chi connectivity index (χ1) is 9.09. The molecule has 1 amide bonds. The van der Waals surface area contributed by atoms with E-state index in [0.29, 0.717) is 18.9 Å². The molecule has 5 heteroatoms. The molecule has 1 heterocycles. The van der Waals surface area contributed by atoms with Crippen molar-refractivity contribution in [2.45, 2.75) is 31.2 Å². The van der Waals surface area contributed by atoms with Crippen molar-refractivity contribution in [2.75, 3.05) is 18.1 Å². The Labute approximate surface area is 117 Å². The van der Waals surface area contributed by atoms with E-state index in [2.05, 4.69) is 0 Å². The molecule has 0 aliphatic carbocycles. The highest BCUT2D eigenvalue weighted by molar-refractivity contribution is 6.32. The molecule has 0 N–H and O–H groups in total. The van der Waals surface area contributed by atoms with E-state index < -0.39 is 5.38 Å². The number of hydrogen-bond donors (Lipinski definition) is 0. The molecular formula is C14H17ClFNO2. The number of rotatable bonds is 3. The van der Waals surface area contributed by atoms with Gasteiger partial charge in [-0.3, -0.25) is 4.79 Å². The summed E-state index contributed by atoms with van der Waals surface area (Å²) in [6.07, 6.45) is 1.54. The van der Waals surface area contributed by atoms with Gasteiger partial charge in [0.15, 0.2) is 0 Å². The van der Waals surface area contributed by atoms with Crippen LogP contribution < -0.4 is 4.90 Å². The molecular weight excluding hydrogens is 269 g/mol. The number of halogens is 2. The zero-order chi connectivity index (χ0) is 13.8. The fourth-order valence-electron chi connectivity index (χ4n) is 2.25. The van der Waals surface area contributed by atoms with Crippen molar-refractivity contribution in [2.24, 2.45) is 0 Å². The zero-order valence-corrected chi connectivity index (χ0v) is 11.6. The Morgan fingerprint density at radius 2 is 1.95 bits per heavy atom. The maximum absolute atomic E-state index is 13.0. The van der Waals surface area contributed by atoms with E-state index in [1.54, 1.807) is 24.0 Å². The van der Waals surface area contributed by atoms with Gasteiger partial charge in [-0.1, -0.05) is 0 Å². The van der Waals surface area contributed by atoms with Crippen molar-refractivity contribution in [1.29, 1.82) is 0 Å². The summed E-state index contributed by atoms with van der Waals surface area (Å²) in [6, 6.07) is 6.00. The van der Waals surface area contributed by atoms with Gasteiger partial charge >= 0.3 is 0 Å². The summed E-state index contributed by atoms with van der Waals surface area (Å²) in [4.78, 5) is 14.0. The van der Waals surface area contributed by atoms with Crippen LogP contribution in [0.4, 0.5) is 10.1 Å². The second-order valence-electron chi connectivity index (χ2n) is 4.64. The minimum absolute atomic E-state index is 0.0629. The fraction of sp³-hybridized carbons (Fsp3) is 0.500. The first-order valence-electron chi connectivity index (χ1n) is 6.40. The van der Waals surface area contributed by atoms with Gasteiger partial charge in [0.1, 0.15) is 11.2 Å². The molecule has 1 aromatic rings. The quantitative estimate of drug-likeness (QED) is 0.799. The van der Waals surface area contributed by atoms with Crippen LogP contribution in [0.2, 0.25) is 0 Å². The third-order valence-corrected chi connectivity index (χ3v) is 3.43. The largest absolute Gasteiger partial charge is 0.381 e. The molecule has 0 saturated carbocycles. The Kier molecular flexibility index (Phi) is 4.77. The van der Waals surface area contributed by atoms with Crippen LogP contribution in [0.5, 0.6) is 0 Å². The second-order valence-corrected chi connectivity index (χ2v) is 5.30. The Bertz CT molecular complexity index is 430. The maximum atomic E-state index is 13.0. The fourth-order valence-corrected chi connectivity index (χ4v) is 2.36. The van der Waals surface area contributed by atoms with Gasteiger partial charge in [-0.25, -0.2) is 4.39 Å². The summed E-state index contributed by atoms with van der Waals surface area (Å²) in [7, 11) is 0. The van der Waals surface area contributed by atoms with Gasteiger partial charge in [0, 0.05) is 24.9 Å². The molecule has 0 bridgehead atoms. The van der Waals surface area contributed by atoms with Crippen LogP contribution >= 0.6 is 11.6 Å². The number of alkyl halides is 1. The number of benzene rings is 1. The highest BCUT2D eigenvalue weighted by Gasteiger charge is 2.29. The topological polar surface area (TPSA) is 29.5 Å². The smallest absolute Gasteiger partial charge is 0.245 e. The molecule has 1 saturated heterocycles. The van der Waals surface area contributed by atoms with Gasteiger partial charge in [0.25, 0.3) is 0 Å². The van der Waals surface area contributed by atoms with Crippen LogP contribution in [0.15, 0.2) is 24.3 Å². The minimum Gasteiger partial charge on any atom is -0.381 e. The van der Waals surface area contributed by atoms with Crippen LogP contribution in [-0.2, 0) is 9.53 Å². The summed E-state index contributed by atoms with van der Waals surface area (Å²) >= 11 is 5.93. The third-order valence-electron chi connectivity index (χ3n) is 3.24. The van der Waals surface area contributed by atoms with Crippen molar-refractivity contribution in [1.82, 2.24) is 0 Å². The van der Waals surface area contributed by atoms with Crippen LogP contribution in [0, 0.1) is 5.82 Å². The van der Waals surface area contributed by atoms with Gasteiger partial charge in [-0.2, -0.15) is 0 Å². The molecule has 1 atom stereocenters. The molecule has 1 unspecified atom stereocenters. The van der Waals surface area contributed by atoms with E-state index in [1.807, 2.05) is 0 Å². The van der Waals surface area contributed by atoms with Crippen molar-refractivity contribution in [3.05, 3.63) is 30.1 Å². The molecule has 19 heavy (non-hydrogen) atoms. The Morgan fingerprint density at radius 3 is 2.47 bits per heavy atom. The lowest BCUT2D eigenvalue weighted by atomic mass is 10.1. The number of ether oxygens (including phenoxy) is 1. The Balaban J connectivity index is 2.27. The SMILES string of the molecule is CC(Cl)C(=O)N(c1ccc(F)cc1)C1CCOCC1. The van der Waals surface area contributed by atoms with Gasteiger partial charge in [-0.05, 0) is 44.0 Å². The number of amides is 1. The highest BCUT2D eigenvalue weighted by atomic mass is 35.5. The standard InChI is InChI=1S/C14H17ClFNO2/c1-10(15)14(18)17(13-6-8-19-9-7-13)12-4-2-11(16)3-5-12/h2-5,10,13H,6-9H2,1H3. The average molecular weight is 286 g/mol. The molecule has 3 nitrogen and oxygen atoms in total. The van der Waals surface area contributed by atoms with E-state index in [9.17, 15) is 9.18 Å². The van der Waals surface area contributed by atoms with E-state index in [4.69, 9.17) is 16.3 Å². The van der Waals surface area contributed by atoms with Crippen LogP contribution in [0.25, 0.3) is 0 Å². The van der Waals surface area contributed by atoms with Gasteiger partial charge in [0.05, 0.1) is 0 Å². The normalized spacial score (nSPS) is 18.1. The predicted molar refractivity (Wildman–Crippen MR) is 73.0 cm³/mol. The summed E-state index contributed by atoms with van der Waals surface area (Å²) in [5.41, 5.74) is 0.686. The third kappa shape index (κ3) is 3.45. The van der Waals surface area contributed by atoms with Crippen LogP contribution in [-0.4, -0.2) is 30.5 Å². The first-order valence-corrected chi connectivity index (χ1v) is 6.83. The van der Waals surface area contributed by atoms with Gasteiger partial charge in [0.2, 0.25) is 5.91 Å². The second kappa shape index (κ2) is 6.35. The summed E-state index contributed by atoms with van der Waals surface area (Å²) in [6.45, 7) is 2.92. The predicted octanol–water partition coefficient (Wildman–Crippen LogP) is 2.97. The molecule has 2 rings (SSSR count). The average Bonchev–Trinajstić information content (AvgIpc) is 2.42. The van der Waals surface area contributed by atoms with Gasteiger partial charge < -0.3 is 9.64 Å². The number of anilines is 1. The monoisotopic (exact) mass is 285 g/mol. The van der Waals surface area contributed by atoms with E-state index in [0.717, 1.165) is 12.8 Å². The molecule has 1 aliphatic heterocycles. The lowest BCUT2D eigenvalue weighted by molar-refractivity contribution is -0.118. The molecule has 0 spiro atoms. The van der Waals surface area contributed by atoms with Crippen molar-refractivity contribution in [3.63, 3.8) is 0 Å². The number of carbonyl (C=O) groups is 1. The molecule has 1 fully saturated rings. The molecule has 0 radical (unpaired) electrons. The van der Waals surface area contributed by atoms with Crippen LogP contribution in [0.3, 0.4) is 0 Å². The van der Waals surface area contributed by atoms with E-state index >= 15 is 0 Å². The van der Waals surface area contributed by atoms with E-state index in [1.165, 1.54) is 12.1 Å². The highest BCUT2D eigenvalue weighted by Crippen LogP contribution is 2.25. The van der Waals surface area contributed by atoms with Crippen molar-refractivity contribution >= 4 is 23.2 Å². The number of nitrogens with zero attached hydrogens (tertiary/aromatic N) is 1. The first kappa shape index (κ1) is 14.3. The molecule has 1 aliphatic rings. The summed E-state index contributed by atoms with van der Waals surface area (Å²) in [5, 5.41) is -0.604. The summed E-state index contributed by atoms with van der Waals surface area (Å²) < 4.78 is 18.3. The lowest BCUT2D eigenvalue weighted by Gasteiger charge is -2.35. The number of hydrogen-bond acceptors (Lipinski definition) is 2. The Hall–Kier alpha value is -1.13. The molecule has 0 aromatic heterocycles.